The van der Waals surface area contributed by atoms with E-state index in [4.69, 9.17) is 0 Å². The first-order chi connectivity index (χ1) is 11.7. The minimum atomic E-state index is -0.207. The standard InChI is InChI=1S/C17H14N4O2S/c22-16(14-11-12-5-1-2-6-13(12)24-14)18-8-10-21-17(23)20-9-4-3-7-15(20)19-21/h1-7,9,11H,8,10H2,(H,18,22). The average Bonchev–Trinajstić information content (AvgIpc) is 3.17. The molecule has 0 radical (unpaired) electrons. The molecule has 0 aliphatic heterocycles. The fourth-order valence-corrected chi connectivity index (χ4v) is 3.55. The number of carbonyl (C=O) groups excluding carboxylic acids is 1. The van der Waals surface area contributed by atoms with Gasteiger partial charge in [0.2, 0.25) is 0 Å². The first-order valence-corrected chi connectivity index (χ1v) is 8.35. The van der Waals surface area contributed by atoms with E-state index in [1.807, 2.05) is 36.4 Å². The normalized spacial score (nSPS) is 11.2. The van der Waals surface area contributed by atoms with Crippen molar-refractivity contribution in [3.05, 3.63) is 70.1 Å². The number of hydrogen-bond acceptors (Lipinski definition) is 4. The highest BCUT2D eigenvalue weighted by Gasteiger charge is 2.10. The molecule has 4 rings (SSSR count). The Balaban J connectivity index is 1.45. The van der Waals surface area contributed by atoms with Crippen LogP contribution >= 0.6 is 11.3 Å². The highest BCUT2D eigenvalue weighted by molar-refractivity contribution is 7.20. The van der Waals surface area contributed by atoms with Crippen molar-refractivity contribution in [2.24, 2.45) is 0 Å². The summed E-state index contributed by atoms with van der Waals surface area (Å²) in [4.78, 5) is 25.1. The van der Waals surface area contributed by atoms with Crippen LogP contribution in [0.3, 0.4) is 0 Å². The quantitative estimate of drug-likeness (QED) is 0.620. The van der Waals surface area contributed by atoms with E-state index in [0.29, 0.717) is 23.6 Å². The van der Waals surface area contributed by atoms with Gasteiger partial charge in [0.05, 0.1) is 11.4 Å². The fourth-order valence-electron chi connectivity index (χ4n) is 2.57. The third-order valence-electron chi connectivity index (χ3n) is 3.75. The van der Waals surface area contributed by atoms with Crippen molar-refractivity contribution in [2.45, 2.75) is 6.54 Å². The molecule has 0 bridgehead atoms. The van der Waals surface area contributed by atoms with Crippen molar-refractivity contribution in [2.75, 3.05) is 6.54 Å². The van der Waals surface area contributed by atoms with Crippen molar-refractivity contribution in [1.82, 2.24) is 19.5 Å². The Morgan fingerprint density at radius 1 is 1.17 bits per heavy atom. The Morgan fingerprint density at radius 2 is 2.00 bits per heavy atom. The van der Waals surface area contributed by atoms with Crippen LogP contribution < -0.4 is 11.0 Å². The number of aromatic nitrogens is 3. The lowest BCUT2D eigenvalue weighted by atomic mass is 10.2. The number of benzene rings is 1. The molecule has 1 amide bonds. The lowest BCUT2D eigenvalue weighted by Gasteiger charge is -2.02. The van der Waals surface area contributed by atoms with Gasteiger partial charge in [0.25, 0.3) is 5.91 Å². The largest absolute Gasteiger partial charge is 0.350 e. The summed E-state index contributed by atoms with van der Waals surface area (Å²) in [6.07, 6.45) is 1.68. The molecule has 0 aliphatic carbocycles. The molecule has 0 spiro atoms. The van der Waals surface area contributed by atoms with Crippen LogP contribution in [0.25, 0.3) is 15.7 Å². The Kier molecular flexibility index (Phi) is 3.62. The van der Waals surface area contributed by atoms with Gasteiger partial charge in [0.15, 0.2) is 5.65 Å². The molecule has 1 aromatic carbocycles. The zero-order chi connectivity index (χ0) is 16.5. The van der Waals surface area contributed by atoms with Gasteiger partial charge in [-0.15, -0.1) is 16.4 Å². The Labute approximate surface area is 141 Å². The predicted octanol–water partition coefficient (Wildman–Crippen LogP) is 2.14. The number of pyridine rings is 1. The molecule has 3 aromatic heterocycles. The summed E-state index contributed by atoms with van der Waals surface area (Å²) in [5.41, 5.74) is 0.389. The zero-order valence-electron chi connectivity index (χ0n) is 12.7. The Morgan fingerprint density at radius 3 is 2.83 bits per heavy atom. The minimum Gasteiger partial charge on any atom is -0.349 e. The van der Waals surface area contributed by atoms with Crippen molar-refractivity contribution in [1.29, 1.82) is 0 Å². The van der Waals surface area contributed by atoms with Gasteiger partial charge >= 0.3 is 5.69 Å². The van der Waals surface area contributed by atoms with Gasteiger partial charge in [0, 0.05) is 17.4 Å². The molecule has 0 saturated heterocycles. The maximum absolute atomic E-state index is 12.2. The van der Waals surface area contributed by atoms with E-state index >= 15 is 0 Å². The minimum absolute atomic E-state index is 0.131. The molecule has 0 fully saturated rings. The predicted molar refractivity (Wildman–Crippen MR) is 93.6 cm³/mol. The summed E-state index contributed by atoms with van der Waals surface area (Å²) in [5.74, 6) is -0.131. The lowest BCUT2D eigenvalue weighted by Crippen LogP contribution is -2.30. The SMILES string of the molecule is O=C(NCCn1nc2ccccn2c1=O)c1cc2ccccc2s1. The third kappa shape index (κ3) is 2.59. The van der Waals surface area contributed by atoms with E-state index < -0.39 is 0 Å². The van der Waals surface area contributed by atoms with Crippen molar-refractivity contribution in [3.63, 3.8) is 0 Å². The second-order valence-electron chi connectivity index (χ2n) is 5.34. The van der Waals surface area contributed by atoms with Crippen LogP contribution in [0.5, 0.6) is 0 Å². The topological polar surface area (TPSA) is 68.4 Å². The van der Waals surface area contributed by atoms with E-state index in [9.17, 15) is 9.59 Å². The van der Waals surface area contributed by atoms with E-state index in [1.165, 1.54) is 20.4 Å². The zero-order valence-corrected chi connectivity index (χ0v) is 13.5. The van der Waals surface area contributed by atoms with Crippen molar-refractivity contribution >= 4 is 33.0 Å². The lowest BCUT2D eigenvalue weighted by molar-refractivity contribution is 0.0956. The first-order valence-electron chi connectivity index (χ1n) is 7.53. The van der Waals surface area contributed by atoms with Crippen LogP contribution in [0, 0.1) is 0 Å². The maximum atomic E-state index is 12.2. The summed E-state index contributed by atoms with van der Waals surface area (Å²) in [6, 6.07) is 15.1. The monoisotopic (exact) mass is 338 g/mol. The molecular weight excluding hydrogens is 324 g/mol. The highest BCUT2D eigenvalue weighted by atomic mass is 32.1. The van der Waals surface area contributed by atoms with Gasteiger partial charge < -0.3 is 5.32 Å². The smallest absolute Gasteiger partial charge is 0.349 e. The highest BCUT2D eigenvalue weighted by Crippen LogP contribution is 2.24. The number of fused-ring (bicyclic) bond motifs is 2. The molecule has 3 heterocycles. The summed E-state index contributed by atoms with van der Waals surface area (Å²) in [5, 5.41) is 8.14. The fraction of sp³-hybridized carbons (Fsp3) is 0.118. The molecule has 1 N–H and O–H groups in total. The van der Waals surface area contributed by atoms with Gasteiger partial charge in [-0.1, -0.05) is 24.3 Å². The third-order valence-corrected chi connectivity index (χ3v) is 4.86. The maximum Gasteiger partial charge on any atom is 0.350 e. The van der Waals surface area contributed by atoms with E-state index in [2.05, 4.69) is 10.4 Å². The molecule has 0 saturated carbocycles. The Bertz CT molecular complexity index is 1060. The van der Waals surface area contributed by atoms with Gasteiger partial charge in [-0.2, -0.15) is 0 Å². The second kappa shape index (κ2) is 5.93. The number of nitrogens with one attached hydrogen (secondary N) is 1. The molecule has 0 atom stereocenters. The first kappa shape index (κ1) is 14.6. The molecule has 120 valence electrons. The number of carbonyl (C=O) groups is 1. The van der Waals surface area contributed by atoms with Crippen LogP contribution in [0.4, 0.5) is 0 Å². The molecule has 7 heteroatoms. The van der Waals surface area contributed by atoms with Crippen LogP contribution in [0.15, 0.2) is 59.5 Å². The van der Waals surface area contributed by atoms with E-state index in [1.54, 1.807) is 18.3 Å². The number of rotatable bonds is 4. The molecule has 0 unspecified atom stereocenters. The number of nitrogens with zero attached hydrogens (tertiary/aromatic N) is 3. The van der Waals surface area contributed by atoms with Crippen molar-refractivity contribution in [3.8, 4) is 0 Å². The molecule has 4 aromatic rings. The summed E-state index contributed by atoms with van der Waals surface area (Å²) < 4.78 is 3.92. The summed E-state index contributed by atoms with van der Waals surface area (Å²) >= 11 is 1.46. The van der Waals surface area contributed by atoms with Gasteiger partial charge in [0.1, 0.15) is 0 Å². The average molecular weight is 338 g/mol. The number of amides is 1. The van der Waals surface area contributed by atoms with Gasteiger partial charge in [-0.05, 0) is 29.7 Å². The van der Waals surface area contributed by atoms with E-state index in [-0.39, 0.29) is 11.6 Å². The van der Waals surface area contributed by atoms with Crippen LogP contribution in [0.2, 0.25) is 0 Å². The number of thiophene rings is 1. The van der Waals surface area contributed by atoms with Crippen LogP contribution in [-0.4, -0.2) is 26.6 Å². The van der Waals surface area contributed by atoms with Crippen molar-refractivity contribution < 1.29 is 4.79 Å². The second-order valence-corrected chi connectivity index (χ2v) is 6.42. The summed E-state index contributed by atoms with van der Waals surface area (Å²) in [6.45, 7) is 0.675. The number of hydrogen-bond donors (Lipinski definition) is 1. The van der Waals surface area contributed by atoms with E-state index in [0.717, 1.165) is 10.1 Å². The molecule has 24 heavy (non-hydrogen) atoms. The molecule has 6 nitrogen and oxygen atoms in total. The Hall–Kier alpha value is -2.93. The van der Waals surface area contributed by atoms with Gasteiger partial charge in [-0.25, -0.2) is 9.48 Å². The molecular formula is C17H14N4O2S. The molecule has 0 aliphatic rings. The van der Waals surface area contributed by atoms with Crippen LogP contribution in [-0.2, 0) is 6.54 Å². The van der Waals surface area contributed by atoms with Crippen LogP contribution in [0.1, 0.15) is 9.67 Å². The summed E-state index contributed by atoms with van der Waals surface area (Å²) in [7, 11) is 0. The van der Waals surface area contributed by atoms with Gasteiger partial charge in [-0.3, -0.25) is 9.20 Å².